The molecule has 0 amide bonds. The lowest BCUT2D eigenvalue weighted by Gasteiger charge is -2.20. The number of pyridine rings is 1. The number of nitrogens with zero attached hydrogens (tertiary/aromatic N) is 1. The maximum atomic E-state index is 11.3. The Morgan fingerprint density at radius 2 is 2.05 bits per heavy atom. The Bertz CT molecular complexity index is 503. The van der Waals surface area contributed by atoms with Crippen LogP contribution in [0, 0.1) is 5.41 Å². The molecule has 0 saturated carbocycles. The zero-order valence-electron chi connectivity index (χ0n) is 12.5. The SMILES string of the molecule is CC(C)(C)CCOc1nc2c(cc1C(=O)O)CCCC2. The van der Waals surface area contributed by atoms with E-state index in [0.717, 1.165) is 43.4 Å². The van der Waals surface area contributed by atoms with Gasteiger partial charge in [0.1, 0.15) is 5.56 Å². The number of aromatic nitrogens is 1. The summed E-state index contributed by atoms with van der Waals surface area (Å²) in [5.41, 5.74) is 2.43. The Balaban J connectivity index is 2.19. The predicted molar refractivity (Wildman–Crippen MR) is 77.4 cm³/mol. The van der Waals surface area contributed by atoms with E-state index < -0.39 is 5.97 Å². The van der Waals surface area contributed by atoms with Crippen LogP contribution in [0.2, 0.25) is 0 Å². The van der Waals surface area contributed by atoms with Crippen LogP contribution in [0.5, 0.6) is 5.88 Å². The van der Waals surface area contributed by atoms with Gasteiger partial charge in [-0.2, -0.15) is 0 Å². The molecule has 1 aliphatic carbocycles. The molecular formula is C16H23NO3. The maximum absolute atomic E-state index is 11.3. The van der Waals surface area contributed by atoms with E-state index in [1.54, 1.807) is 6.07 Å². The molecule has 1 aromatic rings. The minimum absolute atomic E-state index is 0.164. The molecule has 0 radical (unpaired) electrons. The van der Waals surface area contributed by atoms with Gasteiger partial charge in [0.15, 0.2) is 0 Å². The molecule has 0 saturated heterocycles. The number of ether oxygens (including phenoxy) is 1. The van der Waals surface area contributed by atoms with Crippen LogP contribution < -0.4 is 4.74 Å². The summed E-state index contributed by atoms with van der Waals surface area (Å²) in [5.74, 6) is -0.681. The van der Waals surface area contributed by atoms with Crippen molar-refractivity contribution < 1.29 is 14.6 Å². The van der Waals surface area contributed by atoms with Crippen molar-refractivity contribution in [2.24, 2.45) is 5.41 Å². The first-order chi connectivity index (χ1) is 9.37. The van der Waals surface area contributed by atoms with Gasteiger partial charge in [-0.25, -0.2) is 9.78 Å². The van der Waals surface area contributed by atoms with Crippen molar-refractivity contribution in [2.45, 2.75) is 52.9 Å². The van der Waals surface area contributed by atoms with E-state index in [0.29, 0.717) is 6.61 Å². The second-order valence-electron chi connectivity index (χ2n) is 6.62. The summed E-state index contributed by atoms with van der Waals surface area (Å²) in [6.07, 6.45) is 4.94. The lowest BCUT2D eigenvalue weighted by Crippen LogP contribution is -2.15. The third-order valence-electron chi connectivity index (χ3n) is 3.59. The summed E-state index contributed by atoms with van der Waals surface area (Å²) in [6.45, 7) is 6.90. The van der Waals surface area contributed by atoms with E-state index in [-0.39, 0.29) is 16.9 Å². The predicted octanol–water partition coefficient (Wildman–Crippen LogP) is 3.47. The second kappa shape index (κ2) is 5.81. The Labute approximate surface area is 120 Å². The summed E-state index contributed by atoms with van der Waals surface area (Å²) < 4.78 is 5.65. The van der Waals surface area contributed by atoms with Gasteiger partial charge in [0.2, 0.25) is 5.88 Å². The van der Waals surface area contributed by atoms with Crippen molar-refractivity contribution in [3.8, 4) is 5.88 Å². The number of carboxylic acid groups (broad SMARTS) is 1. The molecule has 0 spiro atoms. The molecule has 0 aliphatic heterocycles. The van der Waals surface area contributed by atoms with Crippen LogP contribution in [0.3, 0.4) is 0 Å². The van der Waals surface area contributed by atoms with Gasteiger partial charge in [-0.1, -0.05) is 20.8 Å². The number of hydrogen-bond donors (Lipinski definition) is 1. The fourth-order valence-corrected chi connectivity index (χ4v) is 2.33. The third kappa shape index (κ3) is 3.71. The second-order valence-corrected chi connectivity index (χ2v) is 6.62. The summed E-state index contributed by atoms with van der Waals surface area (Å²) in [5, 5.41) is 9.31. The summed E-state index contributed by atoms with van der Waals surface area (Å²) in [7, 11) is 0. The van der Waals surface area contributed by atoms with Crippen LogP contribution in [-0.2, 0) is 12.8 Å². The van der Waals surface area contributed by atoms with Gasteiger partial charge in [-0.3, -0.25) is 0 Å². The molecule has 110 valence electrons. The molecular weight excluding hydrogens is 254 g/mol. The monoisotopic (exact) mass is 277 g/mol. The van der Waals surface area contributed by atoms with E-state index in [1.807, 2.05) is 0 Å². The van der Waals surface area contributed by atoms with Crippen molar-refractivity contribution in [3.05, 3.63) is 22.9 Å². The molecule has 0 fully saturated rings. The van der Waals surface area contributed by atoms with E-state index in [2.05, 4.69) is 25.8 Å². The average molecular weight is 277 g/mol. The summed E-state index contributed by atoms with van der Waals surface area (Å²) >= 11 is 0. The van der Waals surface area contributed by atoms with E-state index in [1.165, 1.54) is 0 Å². The molecule has 1 N–H and O–H groups in total. The molecule has 4 heteroatoms. The smallest absolute Gasteiger partial charge is 0.341 e. The number of aryl methyl sites for hydroxylation is 2. The van der Waals surface area contributed by atoms with E-state index >= 15 is 0 Å². The lowest BCUT2D eigenvalue weighted by atomic mass is 9.93. The van der Waals surface area contributed by atoms with Crippen LogP contribution in [0.25, 0.3) is 0 Å². The molecule has 1 heterocycles. The average Bonchev–Trinajstić information content (AvgIpc) is 2.36. The Hall–Kier alpha value is -1.58. The van der Waals surface area contributed by atoms with Crippen molar-refractivity contribution in [1.29, 1.82) is 0 Å². The molecule has 0 atom stereocenters. The molecule has 2 rings (SSSR count). The highest BCUT2D eigenvalue weighted by molar-refractivity contribution is 5.90. The van der Waals surface area contributed by atoms with Gasteiger partial charge in [0.25, 0.3) is 0 Å². The Morgan fingerprint density at radius 1 is 1.35 bits per heavy atom. The first-order valence-electron chi connectivity index (χ1n) is 7.26. The highest BCUT2D eigenvalue weighted by Gasteiger charge is 2.20. The molecule has 4 nitrogen and oxygen atoms in total. The highest BCUT2D eigenvalue weighted by Crippen LogP contribution is 2.27. The van der Waals surface area contributed by atoms with Crippen LogP contribution in [0.15, 0.2) is 6.07 Å². The Morgan fingerprint density at radius 3 is 2.70 bits per heavy atom. The highest BCUT2D eigenvalue weighted by atomic mass is 16.5. The fourth-order valence-electron chi connectivity index (χ4n) is 2.33. The number of carboxylic acids is 1. The van der Waals surface area contributed by atoms with Crippen LogP contribution in [-0.4, -0.2) is 22.7 Å². The number of rotatable bonds is 4. The molecule has 0 aromatic carbocycles. The van der Waals surface area contributed by atoms with E-state index in [9.17, 15) is 9.90 Å². The fraction of sp³-hybridized carbons (Fsp3) is 0.625. The van der Waals surface area contributed by atoms with Crippen LogP contribution in [0.4, 0.5) is 0 Å². The largest absolute Gasteiger partial charge is 0.477 e. The first kappa shape index (κ1) is 14.8. The maximum Gasteiger partial charge on any atom is 0.341 e. The van der Waals surface area contributed by atoms with E-state index in [4.69, 9.17) is 4.74 Å². The van der Waals surface area contributed by atoms with Crippen LogP contribution >= 0.6 is 0 Å². The summed E-state index contributed by atoms with van der Waals surface area (Å²) in [6, 6.07) is 1.75. The van der Waals surface area contributed by atoms with Gasteiger partial charge in [0, 0.05) is 5.69 Å². The van der Waals surface area contributed by atoms with Gasteiger partial charge in [-0.15, -0.1) is 0 Å². The molecule has 0 unspecified atom stereocenters. The molecule has 1 aromatic heterocycles. The van der Waals surface area contributed by atoms with Gasteiger partial charge in [-0.05, 0) is 49.1 Å². The standard InChI is InChI=1S/C16H23NO3/c1-16(2,3)8-9-20-14-12(15(18)19)10-11-6-4-5-7-13(11)17-14/h10H,4-9H2,1-3H3,(H,18,19). The molecule has 0 bridgehead atoms. The topological polar surface area (TPSA) is 59.4 Å². The van der Waals surface area contributed by atoms with Crippen molar-refractivity contribution in [2.75, 3.05) is 6.61 Å². The first-order valence-corrected chi connectivity index (χ1v) is 7.26. The van der Waals surface area contributed by atoms with Crippen molar-refractivity contribution >= 4 is 5.97 Å². The number of aromatic carboxylic acids is 1. The number of fused-ring (bicyclic) bond motifs is 1. The quantitative estimate of drug-likeness (QED) is 0.915. The van der Waals surface area contributed by atoms with Crippen molar-refractivity contribution in [3.63, 3.8) is 0 Å². The van der Waals surface area contributed by atoms with Crippen molar-refractivity contribution in [1.82, 2.24) is 4.98 Å². The minimum Gasteiger partial charge on any atom is -0.477 e. The minimum atomic E-state index is -0.961. The normalized spacial score (nSPS) is 14.8. The zero-order valence-corrected chi connectivity index (χ0v) is 12.5. The van der Waals surface area contributed by atoms with Crippen LogP contribution in [0.1, 0.15) is 61.6 Å². The van der Waals surface area contributed by atoms with Gasteiger partial charge < -0.3 is 9.84 Å². The lowest BCUT2D eigenvalue weighted by molar-refractivity contribution is 0.0690. The Kier molecular flexibility index (Phi) is 4.31. The summed E-state index contributed by atoms with van der Waals surface area (Å²) in [4.78, 5) is 15.8. The van der Waals surface area contributed by atoms with Gasteiger partial charge in [0.05, 0.1) is 6.61 Å². The number of carbonyl (C=O) groups is 1. The number of hydrogen-bond acceptors (Lipinski definition) is 3. The zero-order chi connectivity index (χ0) is 14.8. The molecule has 1 aliphatic rings. The third-order valence-corrected chi connectivity index (χ3v) is 3.59. The van der Waals surface area contributed by atoms with Gasteiger partial charge >= 0.3 is 5.97 Å². The molecule has 20 heavy (non-hydrogen) atoms.